The molecule has 0 aliphatic carbocycles. The molecule has 1 aliphatic heterocycles. The summed E-state index contributed by atoms with van der Waals surface area (Å²) in [6, 6.07) is 6.65. The molecule has 1 saturated heterocycles. The second kappa shape index (κ2) is 5.48. The number of anilines is 1. The van der Waals surface area contributed by atoms with E-state index in [1.165, 1.54) is 0 Å². The van der Waals surface area contributed by atoms with Gasteiger partial charge >= 0.3 is 0 Å². The summed E-state index contributed by atoms with van der Waals surface area (Å²) in [6.07, 6.45) is 0.473. The topological polar surface area (TPSA) is 69.6 Å². The first-order chi connectivity index (χ1) is 8.88. The van der Waals surface area contributed by atoms with E-state index in [4.69, 9.17) is 0 Å². The predicted octanol–water partition coefficient (Wildman–Crippen LogP) is 0.944. The van der Waals surface area contributed by atoms with E-state index in [0.717, 1.165) is 18.7 Å². The van der Waals surface area contributed by atoms with Crippen molar-refractivity contribution in [1.82, 2.24) is 4.72 Å². The number of hydrogen-bond acceptors (Lipinski definition) is 4. The molecule has 0 saturated carbocycles. The van der Waals surface area contributed by atoms with Crippen molar-refractivity contribution in [3.05, 3.63) is 24.3 Å². The molecule has 1 atom stereocenters. The Morgan fingerprint density at radius 1 is 1.32 bits per heavy atom. The minimum absolute atomic E-state index is 0.126. The Bertz CT molecular complexity index is 525. The molecule has 1 aromatic carbocycles. The van der Waals surface area contributed by atoms with Crippen molar-refractivity contribution in [2.45, 2.75) is 37.3 Å². The highest BCUT2D eigenvalue weighted by Gasteiger charge is 2.21. The zero-order valence-electron chi connectivity index (χ0n) is 11.2. The van der Waals surface area contributed by atoms with Crippen LogP contribution in [0.2, 0.25) is 0 Å². The molecule has 0 aromatic heterocycles. The van der Waals surface area contributed by atoms with Crippen LogP contribution < -0.4 is 9.62 Å². The minimum atomic E-state index is -3.43. The molecule has 1 heterocycles. The largest absolute Gasteiger partial charge is 0.391 e. The van der Waals surface area contributed by atoms with Gasteiger partial charge in [-0.15, -0.1) is 0 Å². The molecule has 0 unspecified atom stereocenters. The Morgan fingerprint density at radius 2 is 1.95 bits per heavy atom. The van der Waals surface area contributed by atoms with Crippen LogP contribution in [0.5, 0.6) is 0 Å². The van der Waals surface area contributed by atoms with Crippen molar-refractivity contribution in [2.75, 3.05) is 18.0 Å². The van der Waals surface area contributed by atoms with E-state index in [9.17, 15) is 13.5 Å². The van der Waals surface area contributed by atoms with Crippen LogP contribution in [0.15, 0.2) is 29.2 Å². The van der Waals surface area contributed by atoms with E-state index in [2.05, 4.69) is 9.62 Å². The number of hydrogen-bond donors (Lipinski definition) is 2. The zero-order chi connectivity index (χ0) is 14.0. The normalized spacial score (nSPS) is 20.2. The maximum atomic E-state index is 12.0. The first-order valence-electron chi connectivity index (χ1n) is 6.44. The fraction of sp³-hybridized carbons (Fsp3) is 0.538. The maximum absolute atomic E-state index is 12.0. The highest BCUT2D eigenvalue weighted by atomic mass is 32.2. The van der Waals surface area contributed by atoms with Crippen LogP contribution in [0.3, 0.4) is 0 Å². The van der Waals surface area contributed by atoms with Crippen LogP contribution in [0.25, 0.3) is 0 Å². The van der Waals surface area contributed by atoms with Gasteiger partial charge in [-0.3, -0.25) is 0 Å². The molecule has 0 bridgehead atoms. The summed E-state index contributed by atoms with van der Waals surface area (Å²) < 4.78 is 26.5. The monoisotopic (exact) mass is 284 g/mol. The lowest BCUT2D eigenvalue weighted by atomic mass is 10.3. The molecule has 106 valence electrons. The molecule has 1 fully saturated rings. The lowest BCUT2D eigenvalue weighted by molar-refractivity contribution is 0.198. The van der Waals surface area contributed by atoms with Crippen molar-refractivity contribution < 1.29 is 13.5 Å². The smallest absolute Gasteiger partial charge is 0.240 e. The molecule has 0 amide bonds. The summed E-state index contributed by atoms with van der Waals surface area (Å²) in [6.45, 7) is 4.99. The fourth-order valence-electron chi connectivity index (χ4n) is 2.19. The maximum Gasteiger partial charge on any atom is 0.240 e. The van der Waals surface area contributed by atoms with Gasteiger partial charge in [-0.25, -0.2) is 13.1 Å². The van der Waals surface area contributed by atoms with Crippen molar-refractivity contribution in [3.63, 3.8) is 0 Å². The van der Waals surface area contributed by atoms with Crippen LogP contribution in [0, 0.1) is 0 Å². The average Bonchev–Trinajstić information content (AvgIpc) is 2.74. The first kappa shape index (κ1) is 14.3. The first-order valence-corrected chi connectivity index (χ1v) is 7.92. The Labute approximate surface area is 114 Å². The number of nitrogens with one attached hydrogen (secondary N) is 1. The second-order valence-electron chi connectivity index (χ2n) is 5.16. The lowest BCUT2D eigenvalue weighted by Crippen LogP contribution is -2.30. The average molecular weight is 284 g/mol. The number of aliphatic hydroxyl groups excluding tert-OH is 1. The van der Waals surface area contributed by atoms with E-state index < -0.39 is 10.0 Å². The molecular formula is C13H20N2O3S. The van der Waals surface area contributed by atoms with Gasteiger partial charge in [0.1, 0.15) is 0 Å². The highest BCUT2D eigenvalue weighted by Crippen LogP contribution is 2.22. The van der Waals surface area contributed by atoms with Gasteiger partial charge in [-0.2, -0.15) is 0 Å². The van der Waals surface area contributed by atoms with E-state index in [1.807, 2.05) is 0 Å². The number of rotatable bonds is 4. The van der Waals surface area contributed by atoms with Gasteiger partial charge in [0.15, 0.2) is 0 Å². The van der Waals surface area contributed by atoms with Gasteiger partial charge in [-0.05, 0) is 44.5 Å². The molecule has 2 N–H and O–H groups in total. The molecule has 6 heteroatoms. The van der Waals surface area contributed by atoms with Crippen LogP contribution in [-0.2, 0) is 10.0 Å². The van der Waals surface area contributed by atoms with Crippen LogP contribution in [0.4, 0.5) is 5.69 Å². The van der Waals surface area contributed by atoms with Gasteiger partial charge in [0.25, 0.3) is 0 Å². The van der Waals surface area contributed by atoms with Gasteiger partial charge in [0.2, 0.25) is 10.0 Å². The van der Waals surface area contributed by atoms with Crippen molar-refractivity contribution in [3.8, 4) is 0 Å². The van der Waals surface area contributed by atoms with Crippen LogP contribution >= 0.6 is 0 Å². The number of β-amino-alcohol motifs (C(OH)–C–C–N with tert-alkyl or cyclic N) is 1. The third-order valence-corrected chi connectivity index (χ3v) is 4.74. The molecule has 19 heavy (non-hydrogen) atoms. The lowest BCUT2D eigenvalue weighted by Gasteiger charge is -2.18. The summed E-state index contributed by atoms with van der Waals surface area (Å²) >= 11 is 0. The Hall–Kier alpha value is -1.11. The van der Waals surface area contributed by atoms with Gasteiger partial charge in [0, 0.05) is 24.8 Å². The molecule has 0 radical (unpaired) electrons. The second-order valence-corrected chi connectivity index (χ2v) is 6.87. The zero-order valence-corrected chi connectivity index (χ0v) is 12.0. The summed E-state index contributed by atoms with van der Waals surface area (Å²) in [5, 5.41) is 9.50. The standard InChI is InChI=1S/C13H20N2O3S/c1-10(2)14-19(17,18)13-5-3-11(4-6-13)15-8-7-12(16)9-15/h3-6,10,12,14,16H,7-9H2,1-2H3/t12-/m0/s1. The SMILES string of the molecule is CC(C)NS(=O)(=O)c1ccc(N2CC[C@H](O)C2)cc1. The molecule has 2 rings (SSSR count). The summed E-state index contributed by atoms with van der Waals surface area (Å²) in [5.41, 5.74) is 0.944. The number of sulfonamides is 1. The quantitative estimate of drug-likeness (QED) is 0.863. The van der Waals surface area contributed by atoms with Crippen molar-refractivity contribution in [2.24, 2.45) is 0 Å². The third kappa shape index (κ3) is 3.46. The number of benzene rings is 1. The summed E-state index contributed by atoms with van der Waals surface area (Å²) in [7, 11) is -3.43. The molecular weight excluding hydrogens is 264 g/mol. The van der Waals surface area contributed by atoms with E-state index in [0.29, 0.717) is 6.54 Å². The van der Waals surface area contributed by atoms with E-state index in [1.54, 1.807) is 38.1 Å². The highest BCUT2D eigenvalue weighted by molar-refractivity contribution is 7.89. The van der Waals surface area contributed by atoms with Crippen molar-refractivity contribution >= 4 is 15.7 Å². The Kier molecular flexibility index (Phi) is 4.13. The van der Waals surface area contributed by atoms with Gasteiger partial charge in [-0.1, -0.05) is 0 Å². The third-order valence-electron chi connectivity index (χ3n) is 3.07. The molecule has 1 aliphatic rings. The molecule has 1 aromatic rings. The summed E-state index contributed by atoms with van der Waals surface area (Å²) in [5.74, 6) is 0. The number of nitrogens with zero attached hydrogens (tertiary/aromatic N) is 1. The van der Waals surface area contributed by atoms with Gasteiger partial charge in [0.05, 0.1) is 11.0 Å². The minimum Gasteiger partial charge on any atom is -0.391 e. The van der Waals surface area contributed by atoms with E-state index >= 15 is 0 Å². The fourth-order valence-corrected chi connectivity index (χ4v) is 3.44. The summed E-state index contributed by atoms with van der Waals surface area (Å²) in [4.78, 5) is 2.32. The van der Waals surface area contributed by atoms with Gasteiger partial charge < -0.3 is 10.0 Å². The van der Waals surface area contributed by atoms with E-state index in [-0.39, 0.29) is 17.0 Å². The predicted molar refractivity (Wildman–Crippen MR) is 74.7 cm³/mol. The van der Waals surface area contributed by atoms with Crippen LogP contribution in [0.1, 0.15) is 20.3 Å². The Balaban J connectivity index is 2.14. The molecule has 0 spiro atoms. The Morgan fingerprint density at radius 3 is 2.42 bits per heavy atom. The molecule has 5 nitrogen and oxygen atoms in total. The number of aliphatic hydroxyl groups is 1. The van der Waals surface area contributed by atoms with Crippen LogP contribution in [-0.4, -0.2) is 38.8 Å². The van der Waals surface area contributed by atoms with Crippen molar-refractivity contribution in [1.29, 1.82) is 0 Å².